The molecule has 1 aliphatic rings. The number of piperidine rings is 1. The Kier molecular flexibility index (Phi) is 10.4. The van der Waals surface area contributed by atoms with Crippen molar-refractivity contribution in [3.05, 3.63) is 52.3 Å². The maximum absolute atomic E-state index is 6.21. The average Bonchev–Trinajstić information content (AvgIpc) is 2.90. The van der Waals surface area contributed by atoms with E-state index in [4.69, 9.17) is 14.5 Å². The van der Waals surface area contributed by atoms with Gasteiger partial charge in [0.2, 0.25) is 0 Å². The summed E-state index contributed by atoms with van der Waals surface area (Å²) in [6, 6.07) is 12.4. The standard InChI is InChI=1S/C30H41BrN4O2/c1-22(24-13-12-14-25(31)19-24)32-30-26-20-29(28(36-3)21-27(26)33-23(2)34-30)37-18-11-6-4-5-8-15-35-16-9-7-10-17-35/h12-14,19-22H,4-11,15-18H2,1-3H3,(H,32,33,34). The lowest BCUT2D eigenvalue weighted by atomic mass is 10.1. The summed E-state index contributed by atoms with van der Waals surface area (Å²) >= 11 is 3.57. The molecule has 1 saturated heterocycles. The summed E-state index contributed by atoms with van der Waals surface area (Å²) in [5.74, 6) is 2.97. The zero-order valence-electron chi connectivity index (χ0n) is 22.6. The van der Waals surface area contributed by atoms with Gasteiger partial charge >= 0.3 is 0 Å². The van der Waals surface area contributed by atoms with Crippen molar-refractivity contribution in [1.82, 2.24) is 14.9 Å². The number of nitrogens with one attached hydrogen (secondary N) is 1. The van der Waals surface area contributed by atoms with Crippen molar-refractivity contribution >= 4 is 32.7 Å². The first-order valence-corrected chi connectivity index (χ1v) is 14.6. The Labute approximate surface area is 230 Å². The van der Waals surface area contributed by atoms with Crippen LogP contribution in [0, 0.1) is 6.92 Å². The number of nitrogens with zero attached hydrogens (tertiary/aromatic N) is 3. The van der Waals surface area contributed by atoms with Gasteiger partial charge in [0.15, 0.2) is 11.5 Å². The fraction of sp³-hybridized carbons (Fsp3) is 0.533. The number of unbranched alkanes of at least 4 members (excludes halogenated alkanes) is 4. The highest BCUT2D eigenvalue weighted by Gasteiger charge is 2.15. The number of methoxy groups -OCH3 is 1. The summed E-state index contributed by atoms with van der Waals surface area (Å²) in [6.45, 7) is 8.59. The van der Waals surface area contributed by atoms with Crippen molar-refractivity contribution in [2.75, 3.05) is 38.7 Å². The van der Waals surface area contributed by atoms with E-state index in [-0.39, 0.29) is 6.04 Å². The number of aryl methyl sites for hydroxylation is 1. The maximum atomic E-state index is 6.21. The molecule has 37 heavy (non-hydrogen) atoms. The second-order valence-electron chi connectivity index (χ2n) is 10.1. The van der Waals surface area contributed by atoms with Crippen LogP contribution in [0.1, 0.15) is 75.7 Å². The molecule has 0 saturated carbocycles. The van der Waals surface area contributed by atoms with Crippen molar-refractivity contribution in [3.63, 3.8) is 0 Å². The monoisotopic (exact) mass is 568 g/mol. The van der Waals surface area contributed by atoms with E-state index in [0.29, 0.717) is 18.2 Å². The Morgan fingerprint density at radius 3 is 2.54 bits per heavy atom. The molecule has 1 N–H and O–H groups in total. The third-order valence-electron chi connectivity index (χ3n) is 7.12. The third-order valence-corrected chi connectivity index (χ3v) is 7.61. The lowest BCUT2D eigenvalue weighted by Crippen LogP contribution is -2.30. The van der Waals surface area contributed by atoms with E-state index in [0.717, 1.165) is 33.4 Å². The molecule has 1 aromatic heterocycles. The number of hydrogen-bond acceptors (Lipinski definition) is 6. The van der Waals surface area contributed by atoms with Crippen LogP contribution in [0.15, 0.2) is 40.9 Å². The number of rotatable bonds is 13. The van der Waals surface area contributed by atoms with E-state index < -0.39 is 0 Å². The van der Waals surface area contributed by atoms with E-state index in [2.05, 4.69) is 50.2 Å². The molecule has 6 nitrogen and oxygen atoms in total. The summed E-state index contributed by atoms with van der Waals surface area (Å²) in [4.78, 5) is 12.0. The topological polar surface area (TPSA) is 59.5 Å². The predicted octanol–water partition coefficient (Wildman–Crippen LogP) is 7.70. The lowest BCUT2D eigenvalue weighted by molar-refractivity contribution is 0.223. The van der Waals surface area contributed by atoms with Gasteiger partial charge in [0.05, 0.1) is 25.3 Å². The van der Waals surface area contributed by atoms with Crippen molar-refractivity contribution in [2.45, 2.75) is 71.3 Å². The highest BCUT2D eigenvalue weighted by Crippen LogP contribution is 2.35. The number of fused-ring (bicyclic) bond motifs is 1. The number of benzene rings is 2. The molecule has 4 rings (SSSR count). The first-order chi connectivity index (χ1) is 18.0. The molecule has 1 fully saturated rings. The zero-order valence-corrected chi connectivity index (χ0v) is 24.1. The molecule has 0 spiro atoms. The van der Waals surface area contributed by atoms with Gasteiger partial charge in [-0.15, -0.1) is 0 Å². The second-order valence-corrected chi connectivity index (χ2v) is 11.0. The Bertz CT molecular complexity index is 1150. The normalized spacial score (nSPS) is 15.0. The van der Waals surface area contributed by atoms with Gasteiger partial charge in [0.1, 0.15) is 11.6 Å². The first-order valence-electron chi connectivity index (χ1n) is 13.8. The summed E-state index contributed by atoms with van der Waals surface area (Å²) in [7, 11) is 1.68. The first kappa shape index (κ1) is 27.6. The fourth-order valence-corrected chi connectivity index (χ4v) is 5.45. The van der Waals surface area contributed by atoms with E-state index in [1.165, 1.54) is 70.1 Å². The summed E-state index contributed by atoms with van der Waals surface area (Å²) < 4.78 is 12.9. The Hall–Kier alpha value is -2.38. The predicted molar refractivity (Wildman–Crippen MR) is 156 cm³/mol. The number of aromatic nitrogens is 2. The smallest absolute Gasteiger partial charge is 0.162 e. The SMILES string of the molecule is COc1cc2nc(C)nc(NC(C)c3cccc(Br)c3)c2cc1OCCCCCCCN1CCCCC1. The van der Waals surface area contributed by atoms with E-state index in [9.17, 15) is 0 Å². The number of hydrogen-bond donors (Lipinski definition) is 1. The van der Waals surface area contributed by atoms with Crippen molar-refractivity contribution in [1.29, 1.82) is 0 Å². The van der Waals surface area contributed by atoms with Crippen molar-refractivity contribution in [3.8, 4) is 11.5 Å². The quantitative estimate of drug-likeness (QED) is 0.213. The molecule has 200 valence electrons. The van der Waals surface area contributed by atoms with Gasteiger partial charge < -0.3 is 19.7 Å². The second kappa shape index (κ2) is 14.0. The maximum Gasteiger partial charge on any atom is 0.162 e. The Morgan fingerprint density at radius 2 is 1.76 bits per heavy atom. The largest absolute Gasteiger partial charge is 0.493 e. The van der Waals surface area contributed by atoms with Crippen LogP contribution in [0.2, 0.25) is 0 Å². The van der Waals surface area contributed by atoms with Gasteiger partial charge in [-0.05, 0) is 82.9 Å². The average molecular weight is 570 g/mol. The number of likely N-dealkylation sites (tertiary alicyclic amines) is 1. The molecule has 0 bridgehead atoms. The number of ether oxygens (including phenoxy) is 2. The van der Waals surface area contributed by atoms with Crippen LogP contribution in [0.3, 0.4) is 0 Å². The third kappa shape index (κ3) is 8.05. The van der Waals surface area contributed by atoms with Crippen LogP contribution in [-0.4, -0.2) is 48.2 Å². The van der Waals surface area contributed by atoms with Crippen LogP contribution < -0.4 is 14.8 Å². The van der Waals surface area contributed by atoms with Gasteiger partial charge in [-0.2, -0.15) is 0 Å². The van der Waals surface area contributed by atoms with Gasteiger partial charge in [0, 0.05) is 15.9 Å². The molecule has 0 amide bonds. The van der Waals surface area contributed by atoms with Crippen LogP contribution in [-0.2, 0) is 0 Å². The molecule has 0 aliphatic carbocycles. The molecule has 1 atom stereocenters. The summed E-state index contributed by atoms with van der Waals surface area (Å²) in [5.41, 5.74) is 2.02. The lowest BCUT2D eigenvalue weighted by Gasteiger charge is -2.26. The molecule has 3 aromatic rings. The minimum Gasteiger partial charge on any atom is -0.493 e. The van der Waals surface area contributed by atoms with E-state index in [1.54, 1.807) is 7.11 Å². The molecule has 0 radical (unpaired) electrons. The van der Waals surface area contributed by atoms with Crippen molar-refractivity contribution < 1.29 is 9.47 Å². The Morgan fingerprint density at radius 1 is 0.973 bits per heavy atom. The molecule has 2 heterocycles. The number of halogens is 1. The van der Waals surface area contributed by atoms with Gasteiger partial charge in [-0.3, -0.25) is 0 Å². The van der Waals surface area contributed by atoms with Crippen LogP contribution in [0.25, 0.3) is 10.9 Å². The highest BCUT2D eigenvalue weighted by atomic mass is 79.9. The minimum absolute atomic E-state index is 0.0800. The van der Waals surface area contributed by atoms with Crippen LogP contribution in [0.4, 0.5) is 5.82 Å². The van der Waals surface area contributed by atoms with E-state index >= 15 is 0 Å². The van der Waals surface area contributed by atoms with Crippen LogP contribution in [0.5, 0.6) is 11.5 Å². The van der Waals surface area contributed by atoms with E-state index in [1.807, 2.05) is 31.2 Å². The molecule has 1 aliphatic heterocycles. The van der Waals surface area contributed by atoms with Crippen LogP contribution >= 0.6 is 15.9 Å². The number of anilines is 1. The van der Waals surface area contributed by atoms with Gasteiger partial charge in [-0.25, -0.2) is 9.97 Å². The Balaban J connectivity index is 1.34. The molecular formula is C30H41BrN4O2. The molecule has 2 aromatic carbocycles. The fourth-order valence-electron chi connectivity index (χ4n) is 5.03. The zero-order chi connectivity index (χ0) is 26.0. The van der Waals surface area contributed by atoms with Crippen molar-refractivity contribution in [2.24, 2.45) is 0 Å². The molecule has 1 unspecified atom stereocenters. The molecular weight excluding hydrogens is 528 g/mol. The summed E-state index contributed by atoms with van der Waals surface area (Å²) in [6.07, 6.45) is 10.3. The highest BCUT2D eigenvalue weighted by molar-refractivity contribution is 9.10. The van der Waals surface area contributed by atoms with Gasteiger partial charge in [-0.1, -0.05) is 53.7 Å². The van der Waals surface area contributed by atoms with Gasteiger partial charge in [0.25, 0.3) is 0 Å². The minimum atomic E-state index is 0.0800. The summed E-state index contributed by atoms with van der Waals surface area (Å²) in [5, 5.41) is 4.51. The molecule has 7 heteroatoms.